The molecule has 3 aromatic rings. The van der Waals surface area contributed by atoms with Crippen LogP contribution in [-0.2, 0) is 13.0 Å². The summed E-state index contributed by atoms with van der Waals surface area (Å²) >= 11 is 0. The smallest absolute Gasteiger partial charge is 0.253 e. The molecule has 1 unspecified atom stereocenters. The molecular formula is C27H28N2O. The Hall–Kier alpha value is -2.91. The van der Waals surface area contributed by atoms with Crippen LogP contribution in [-0.4, -0.2) is 41.4 Å². The van der Waals surface area contributed by atoms with Crippen molar-refractivity contribution < 1.29 is 4.79 Å². The van der Waals surface area contributed by atoms with Gasteiger partial charge in [-0.15, -0.1) is 0 Å². The van der Waals surface area contributed by atoms with Crippen LogP contribution in [0.15, 0.2) is 72.8 Å². The first kappa shape index (κ1) is 19.1. The number of carbonyl (C=O) groups is 1. The van der Waals surface area contributed by atoms with Gasteiger partial charge in [0, 0.05) is 37.8 Å². The van der Waals surface area contributed by atoms with Crippen LogP contribution in [0.4, 0.5) is 0 Å². The number of hydrogen-bond donors (Lipinski definition) is 0. The van der Waals surface area contributed by atoms with Gasteiger partial charge in [0.15, 0.2) is 0 Å². The molecule has 0 radical (unpaired) electrons. The zero-order chi connectivity index (χ0) is 20.5. The van der Waals surface area contributed by atoms with Gasteiger partial charge in [0.25, 0.3) is 5.91 Å². The second-order valence-corrected chi connectivity index (χ2v) is 8.63. The van der Waals surface area contributed by atoms with E-state index < -0.39 is 0 Å². The highest BCUT2D eigenvalue weighted by atomic mass is 16.2. The summed E-state index contributed by atoms with van der Waals surface area (Å²) in [5.41, 5.74) is 7.31. The van der Waals surface area contributed by atoms with Crippen molar-refractivity contribution in [3.63, 3.8) is 0 Å². The fourth-order valence-electron chi connectivity index (χ4n) is 4.79. The van der Waals surface area contributed by atoms with Crippen molar-refractivity contribution >= 4 is 5.91 Å². The van der Waals surface area contributed by atoms with E-state index >= 15 is 0 Å². The minimum absolute atomic E-state index is 0.158. The predicted molar refractivity (Wildman–Crippen MR) is 121 cm³/mol. The molecule has 3 heteroatoms. The third kappa shape index (κ3) is 3.78. The van der Waals surface area contributed by atoms with Crippen LogP contribution in [0, 0.1) is 6.92 Å². The van der Waals surface area contributed by atoms with Gasteiger partial charge in [0.1, 0.15) is 0 Å². The van der Waals surface area contributed by atoms with Gasteiger partial charge in [-0.25, -0.2) is 0 Å². The van der Waals surface area contributed by atoms with Crippen LogP contribution in [0.1, 0.15) is 33.5 Å². The molecule has 1 fully saturated rings. The summed E-state index contributed by atoms with van der Waals surface area (Å²) in [4.78, 5) is 17.7. The SMILES string of the molecule is Cc1ccc(-c2ccc(C(=O)N3CCC(N4CCc5ccccc5C4)C3)cc2)cc1. The maximum absolute atomic E-state index is 13.1. The van der Waals surface area contributed by atoms with E-state index in [1.54, 1.807) is 0 Å². The van der Waals surface area contributed by atoms with Crippen LogP contribution in [0.5, 0.6) is 0 Å². The van der Waals surface area contributed by atoms with E-state index in [4.69, 9.17) is 0 Å². The Balaban J connectivity index is 1.24. The Kier molecular flexibility index (Phi) is 5.14. The molecule has 0 bridgehead atoms. The lowest BCUT2D eigenvalue weighted by Crippen LogP contribution is -2.41. The van der Waals surface area contributed by atoms with Crippen molar-refractivity contribution in [3.05, 3.63) is 95.1 Å². The molecule has 2 aliphatic heterocycles. The quantitative estimate of drug-likeness (QED) is 0.626. The summed E-state index contributed by atoms with van der Waals surface area (Å²) in [5.74, 6) is 0.158. The van der Waals surface area contributed by atoms with Crippen LogP contribution >= 0.6 is 0 Å². The summed E-state index contributed by atoms with van der Waals surface area (Å²) in [5, 5.41) is 0. The van der Waals surface area contributed by atoms with Gasteiger partial charge in [-0.1, -0.05) is 66.2 Å². The Labute approximate surface area is 178 Å². The largest absolute Gasteiger partial charge is 0.337 e. The average molecular weight is 397 g/mol. The molecule has 2 aliphatic rings. The second-order valence-electron chi connectivity index (χ2n) is 8.63. The first-order valence-electron chi connectivity index (χ1n) is 10.9. The number of amides is 1. The van der Waals surface area contributed by atoms with E-state index in [9.17, 15) is 4.79 Å². The van der Waals surface area contributed by atoms with Crippen LogP contribution in [0.3, 0.4) is 0 Å². The van der Waals surface area contributed by atoms with Crippen molar-refractivity contribution in [1.82, 2.24) is 9.80 Å². The van der Waals surface area contributed by atoms with E-state index in [1.807, 2.05) is 17.0 Å². The monoisotopic (exact) mass is 396 g/mol. The Morgan fingerprint density at radius 3 is 2.23 bits per heavy atom. The molecule has 30 heavy (non-hydrogen) atoms. The molecule has 0 saturated carbocycles. The van der Waals surface area contributed by atoms with Crippen LogP contribution < -0.4 is 0 Å². The van der Waals surface area contributed by atoms with Gasteiger partial charge >= 0.3 is 0 Å². The summed E-state index contributed by atoms with van der Waals surface area (Å²) in [6.07, 6.45) is 2.18. The number of fused-ring (bicyclic) bond motifs is 1. The number of carbonyl (C=O) groups excluding carboxylic acids is 1. The number of nitrogens with zero attached hydrogens (tertiary/aromatic N) is 2. The highest BCUT2D eigenvalue weighted by Gasteiger charge is 2.32. The van der Waals surface area contributed by atoms with Crippen molar-refractivity contribution in [2.24, 2.45) is 0 Å². The lowest BCUT2D eigenvalue weighted by molar-refractivity contribution is 0.0773. The highest BCUT2D eigenvalue weighted by molar-refractivity contribution is 5.95. The van der Waals surface area contributed by atoms with Crippen LogP contribution in [0.2, 0.25) is 0 Å². The Morgan fingerprint density at radius 1 is 0.833 bits per heavy atom. The summed E-state index contributed by atoms with van der Waals surface area (Å²) < 4.78 is 0. The first-order chi connectivity index (χ1) is 14.7. The Bertz CT molecular complexity index is 1040. The summed E-state index contributed by atoms with van der Waals surface area (Å²) in [7, 11) is 0. The fourth-order valence-corrected chi connectivity index (χ4v) is 4.79. The molecule has 5 rings (SSSR count). The molecule has 0 aliphatic carbocycles. The number of hydrogen-bond acceptors (Lipinski definition) is 2. The molecule has 2 heterocycles. The molecule has 1 amide bonds. The van der Waals surface area contributed by atoms with E-state index in [2.05, 4.69) is 72.5 Å². The van der Waals surface area contributed by atoms with Crippen molar-refractivity contribution in [2.75, 3.05) is 19.6 Å². The lowest BCUT2D eigenvalue weighted by atomic mass is 9.98. The van der Waals surface area contributed by atoms with Crippen LogP contribution in [0.25, 0.3) is 11.1 Å². The van der Waals surface area contributed by atoms with Crippen molar-refractivity contribution in [1.29, 1.82) is 0 Å². The number of aryl methyl sites for hydroxylation is 1. The second kappa shape index (κ2) is 8.08. The third-order valence-corrected chi connectivity index (χ3v) is 6.64. The fraction of sp³-hybridized carbons (Fsp3) is 0.296. The first-order valence-corrected chi connectivity index (χ1v) is 10.9. The molecule has 0 spiro atoms. The minimum Gasteiger partial charge on any atom is -0.337 e. The third-order valence-electron chi connectivity index (χ3n) is 6.64. The van der Waals surface area contributed by atoms with E-state index in [-0.39, 0.29) is 5.91 Å². The zero-order valence-electron chi connectivity index (χ0n) is 17.6. The molecular weight excluding hydrogens is 368 g/mol. The molecule has 0 N–H and O–H groups in total. The number of rotatable bonds is 3. The molecule has 152 valence electrons. The van der Waals surface area contributed by atoms with Gasteiger partial charge in [0.2, 0.25) is 0 Å². The normalized spacial score (nSPS) is 19.0. The highest BCUT2D eigenvalue weighted by Crippen LogP contribution is 2.26. The molecule has 1 atom stereocenters. The Morgan fingerprint density at radius 2 is 1.50 bits per heavy atom. The topological polar surface area (TPSA) is 23.6 Å². The van der Waals surface area contributed by atoms with Gasteiger partial charge in [-0.2, -0.15) is 0 Å². The maximum Gasteiger partial charge on any atom is 0.253 e. The predicted octanol–water partition coefficient (Wildman–Crippen LogP) is 4.93. The van der Waals surface area contributed by atoms with E-state index in [1.165, 1.54) is 22.3 Å². The molecule has 1 saturated heterocycles. The molecule has 3 aromatic carbocycles. The minimum atomic E-state index is 0.158. The summed E-state index contributed by atoms with van der Waals surface area (Å²) in [6.45, 7) is 5.88. The van der Waals surface area contributed by atoms with Crippen molar-refractivity contribution in [2.45, 2.75) is 32.4 Å². The summed E-state index contributed by atoms with van der Waals surface area (Å²) in [6, 6.07) is 25.8. The van der Waals surface area contributed by atoms with E-state index in [0.717, 1.165) is 50.1 Å². The van der Waals surface area contributed by atoms with Gasteiger partial charge < -0.3 is 4.90 Å². The number of likely N-dealkylation sites (tertiary alicyclic amines) is 1. The molecule has 3 nitrogen and oxygen atoms in total. The molecule has 0 aromatic heterocycles. The maximum atomic E-state index is 13.1. The average Bonchev–Trinajstić information content (AvgIpc) is 3.29. The number of benzene rings is 3. The van der Waals surface area contributed by atoms with Crippen molar-refractivity contribution in [3.8, 4) is 11.1 Å². The standard InChI is InChI=1S/C27H28N2O/c1-20-6-8-22(9-7-20)23-10-12-24(13-11-23)27(30)29-17-15-26(19-29)28-16-14-21-4-2-3-5-25(21)18-28/h2-13,26H,14-19H2,1H3. The van der Waals surface area contributed by atoms with Gasteiger partial charge in [-0.05, 0) is 54.2 Å². The van der Waals surface area contributed by atoms with E-state index in [0.29, 0.717) is 6.04 Å². The van der Waals surface area contributed by atoms with Gasteiger partial charge in [0.05, 0.1) is 0 Å². The zero-order valence-corrected chi connectivity index (χ0v) is 17.6. The van der Waals surface area contributed by atoms with Gasteiger partial charge in [-0.3, -0.25) is 9.69 Å². The lowest BCUT2D eigenvalue weighted by Gasteiger charge is -2.33.